The summed E-state index contributed by atoms with van der Waals surface area (Å²) in [6, 6.07) is 0.773. The van der Waals surface area contributed by atoms with Crippen LogP contribution in [0.3, 0.4) is 0 Å². The lowest BCUT2D eigenvalue weighted by Crippen LogP contribution is -2.47. The molecule has 0 spiro atoms. The van der Waals surface area contributed by atoms with Gasteiger partial charge in [0.1, 0.15) is 5.01 Å². The number of fused-ring (bicyclic) bond motifs is 1. The summed E-state index contributed by atoms with van der Waals surface area (Å²) in [6.07, 6.45) is 11.8. The molecule has 20 heavy (non-hydrogen) atoms. The van der Waals surface area contributed by atoms with E-state index in [4.69, 9.17) is 4.98 Å². The van der Waals surface area contributed by atoms with E-state index < -0.39 is 0 Å². The second kappa shape index (κ2) is 4.54. The van der Waals surface area contributed by atoms with Gasteiger partial charge in [0, 0.05) is 10.9 Å². The number of hydrogen-bond donors (Lipinski definition) is 1. The molecule has 0 unspecified atom stereocenters. The minimum absolute atomic E-state index is 0.214. The minimum Gasteiger partial charge on any atom is -0.303 e. The Morgan fingerprint density at radius 2 is 1.85 bits per heavy atom. The smallest absolute Gasteiger partial charge is 0.113 e. The molecule has 1 aromatic heterocycles. The van der Waals surface area contributed by atoms with Gasteiger partial charge in [-0.25, -0.2) is 4.98 Å². The Labute approximate surface area is 126 Å². The van der Waals surface area contributed by atoms with Crippen LogP contribution in [0.2, 0.25) is 0 Å². The van der Waals surface area contributed by atoms with Gasteiger partial charge >= 0.3 is 0 Å². The van der Waals surface area contributed by atoms with Crippen molar-refractivity contribution in [2.45, 2.75) is 83.2 Å². The van der Waals surface area contributed by atoms with Gasteiger partial charge in [-0.3, -0.25) is 0 Å². The van der Waals surface area contributed by atoms with Gasteiger partial charge in [0.2, 0.25) is 0 Å². The lowest BCUT2D eigenvalue weighted by atomic mass is 9.69. The lowest BCUT2D eigenvalue weighted by molar-refractivity contribution is 0.132. The van der Waals surface area contributed by atoms with E-state index in [1.165, 1.54) is 68.5 Å². The van der Waals surface area contributed by atoms with E-state index in [2.05, 4.69) is 19.2 Å². The van der Waals surface area contributed by atoms with Crippen LogP contribution in [-0.4, -0.2) is 11.0 Å². The maximum Gasteiger partial charge on any atom is 0.113 e. The molecule has 1 heterocycles. The molecule has 2 nitrogen and oxygen atoms in total. The van der Waals surface area contributed by atoms with Gasteiger partial charge in [0.15, 0.2) is 0 Å². The van der Waals surface area contributed by atoms with Crippen LogP contribution in [0.15, 0.2) is 0 Å². The maximum absolute atomic E-state index is 5.07. The average molecular weight is 290 g/mol. The normalized spacial score (nSPS) is 27.5. The van der Waals surface area contributed by atoms with Crippen molar-refractivity contribution in [3.05, 3.63) is 15.6 Å². The molecule has 0 saturated heterocycles. The SMILES string of the molecule is CC1(C)CCC(NC2CC2)(c2nc3c(s2)CCC3)CC1. The summed E-state index contributed by atoms with van der Waals surface area (Å²) in [5, 5.41) is 5.42. The third-order valence-electron chi connectivity index (χ3n) is 5.52. The van der Waals surface area contributed by atoms with E-state index >= 15 is 0 Å². The Kier molecular flexibility index (Phi) is 3.01. The summed E-state index contributed by atoms with van der Waals surface area (Å²) in [5.41, 5.74) is 2.16. The number of nitrogens with zero attached hydrogens (tertiary/aromatic N) is 1. The summed E-state index contributed by atoms with van der Waals surface area (Å²) in [7, 11) is 0. The Hall–Kier alpha value is -0.410. The molecule has 3 aliphatic carbocycles. The molecule has 0 radical (unpaired) electrons. The molecule has 2 fully saturated rings. The molecule has 0 aromatic carbocycles. The Morgan fingerprint density at radius 1 is 1.10 bits per heavy atom. The predicted molar refractivity (Wildman–Crippen MR) is 84.2 cm³/mol. The van der Waals surface area contributed by atoms with Crippen molar-refractivity contribution in [3.8, 4) is 0 Å². The number of aromatic nitrogens is 1. The quantitative estimate of drug-likeness (QED) is 0.903. The van der Waals surface area contributed by atoms with Crippen molar-refractivity contribution in [1.29, 1.82) is 0 Å². The first-order chi connectivity index (χ1) is 9.56. The fraction of sp³-hybridized carbons (Fsp3) is 0.824. The standard InChI is InChI=1S/C17H26N2S/c1-16(2)8-10-17(11-9-16,19-12-6-7-12)15-18-13-4-3-5-14(13)20-15/h12,19H,3-11H2,1-2H3. The number of rotatable bonds is 3. The van der Waals surface area contributed by atoms with Crippen LogP contribution < -0.4 is 5.32 Å². The lowest BCUT2D eigenvalue weighted by Gasteiger charge is -2.43. The van der Waals surface area contributed by atoms with E-state index in [1.54, 1.807) is 4.88 Å². The highest BCUT2D eigenvalue weighted by molar-refractivity contribution is 7.12. The van der Waals surface area contributed by atoms with Crippen molar-refractivity contribution in [3.63, 3.8) is 0 Å². The van der Waals surface area contributed by atoms with Gasteiger partial charge in [-0.15, -0.1) is 11.3 Å². The Morgan fingerprint density at radius 3 is 2.50 bits per heavy atom. The molecule has 1 aromatic rings. The summed E-state index contributed by atoms with van der Waals surface area (Å²) < 4.78 is 0. The number of nitrogens with one attached hydrogen (secondary N) is 1. The summed E-state index contributed by atoms with van der Waals surface area (Å²) >= 11 is 2.02. The molecule has 110 valence electrons. The van der Waals surface area contributed by atoms with Crippen LogP contribution in [0.25, 0.3) is 0 Å². The molecule has 3 heteroatoms. The highest BCUT2D eigenvalue weighted by Crippen LogP contribution is 2.48. The van der Waals surface area contributed by atoms with Crippen molar-refractivity contribution in [2.24, 2.45) is 5.41 Å². The first-order valence-corrected chi connectivity index (χ1v) is 9.15. The van der Waals surface area contributed by atoms with Gasteiger partial charge in [0.05, 0.1) is 11.2 Å². The first kappa shape index (κ1) is 13.3. The van der Waals surface area contributed by atoms with E-state index in [-0.39, 0.29) is 5.54 Å². The first-order valence-electron chi connectivity index (χ1n) is 8.33. The van der Waals surface area contributed by atoms with Crippen molar-refractivity contribution < 1.29 is 0 Å². The topological polar surface area (TPSA) is 24.9 Å². The molecule has 4 rings (SSSR count). The molecule has 2 saturated carbocycles. The van der Waals surface area contributed by atoms with E-state index in [1.807, 2.05) is 11.3 Å². The monoisotopic (exact) mass is 290 g/mol. The fourth-order valence-electron chi connectivity index (χ4n) is 3.79. The third kappa shape index (κ3) is 2.33. The summed E-state index contributed by atoms with van der Waals surface area (Å²) in [5.74, 6) is 0. The molecule has 0 atom stereocenters. The zero-order valence-corrected chi connectivity index (χ0v) is 13.6. The molecule has 3 aliphatic rings. The molecular weight excluding hydrogens is 264 g/mol. The number of aryl methyl sites for hydroxylation is 2. The Bertz CT molecular complexity index is 482. The third-order valence-corrected chi connectivity index (χ3v) is 6.88. The molecule has 0 amide bonds. The van der Waals surface area contributed by atoms with Crippen LogP contribution in [0.1, 0.15) is 74.4 Å². The zero-order chi connectivity index (χ0) is 13.8. The summed E-state index contributed by atoms with van der Waals surface area (Å²) in [4.78, 5) is 6.66. The van der Waals surface area contributed by atoms with E-state index in [0.29, 0.717) is 5.41 Å². The van der Waals surface area contributed by atoms with Crippen LogP contribution in [0, 0.1) is 5.41 Å². The van der Waals surface area contributed by atoms with Crippen molar-refractivity contribution in [2.75, 3.05) is 0 Å². The highest BCUT2D eigenvalue weighted by Gasteiger charge is 2.45. The molecule has 0 aliphatic heterocycles. The highest BCUT2D eigenvalue weighted by atomic mass is 32.1. The van der Waals surface area contributed by atoms with Crippen LogP contribution in [-0.2, 0) is 18.4 Å². The largest absolute Gasteiger partial charge is 0.303 e. The number of hydrogen-bond acceptors (Lipinski definition) is 3. The summed E-state index contributed by atoms with van der Waals surface area (Å²) in [6.45, 7) is 4.85. The zero-order valence-electron chi connectivity index (χ0n) is 12.8. The van der Waals surface area contributed by atoms with Gasteiger partial charge in [0.25, 0.3) is 0 Å². The predicted octanol–water partition coefficient (Wildman–Crippen LogP) is 4.18. The second-order valence-corrected chi connectivity index (χ2v) is 8.99. The average Bonchev–Trinajstić information content (AvgIpc) is 2.94. The van der Waals surface area contributed by atoms with Crippen molar-refractivity contribution >= 4 is 11.3 Å². The molecule has 1 N–H and O–H groups in total. The minimum atomic E-state index is 0.214. The van der Waals surface area contributed by atoms with Gasteiger partial charge in [-0.1, -0.05) is 13.8 Å². The van der Waals surface area contributed by atoms with E-state index in [0.717, 1.165) is 6.04 Å². The van der Waals surface area contributed by atoms with Gasteiger partial charge in [-0.2, -0.15) is 0 Å². The van der Waals surface area contributed by atoms with Crippen molar-refractivity contribution in [1.82, 2.24) is 10.3 Å². The van der Waals surface area contributed by atoms with E-state index in [9.17, 15) is 0 Å². The van der Waals surface area contributed by atoms with Crippen LogP contribution in [0.4, 0.5) is 0 Å². The fourth-order valence-corrected chi connectivity index (χ4v) is 5.15. The van der Waals surface area contributed by atoms with Gasteiger partial charge in [-0.05, 0) is 63.2 Å². The molecule has 0 bridgehead atoms. The van der Waals surface area contributed by atoms with Crippen LogP contribution in [0.5, 0.6) is 0 Å². The van der Waals surface area contributed by atoms with Crippen LogP contribution >= 0.6 is 11.3 Å². The second-order valence-electron chi connectivity index (χ2n) is 7.91. The number of thiazole rings is 1. The molecular formula is C17H26N2S. The van der Waals surface area contributed by atoms with Gasteiger partial charge < -0.3 is 5.32 Å². The maximum atomic E-state index is 5.07. The Balaban J connectivity index is 1.63.